The Morgan fingerprint density at radius 1 is 1.31 bits per heavy atom. The molecule has 0 aliphatic carbocycles. The molecule has 2 nitrogen and oxygen atoms in total. The van der Waals surface area contributed by atoms with Gasteiger partial charge < -0.3 is 4.74 Å². The summed E-state index contributed by atoms with van der Waals surface area (Å²) < 4.78 is 5.24. The van der Waals surface area contributed by atoms with E-state index in [0.717, 1.165) is 12.8 Å². The normalized spacial score (nSPS) is 14.8. The van der Waals surface area contributed by atoms with Gasteiger partial charge in [0.25, 0.3) is 0 Å². The third-order valence-electron chi connectivity index (χ3n) is 2.64. The van der Waals surface area contributed by atoms with Crippen LogP contribution in [0.5, 0.6) is 0 Å². The van der Waals surface area contributed by atoms with E-state index in [1.807, 2.05) is 6.92 Å². The molecule has 0 aliphatic rings. The van der Waals surface area contributed by atoms with Crippen molar-refractivity contribution < 1.29 is 9.53 Å². The minimum Gasteiger partial charge on any atom is -0.465 e. The Bertz CT molecular complexity index is 246. The summed E-state index contributed by atoms with van der Waals surface area (Å²) in [6.45, 7) is 12.9. The second-order valence-electron chi connectivity index (χ2n) is 5.38. The van der Waals surface area contributed by atoms with Gasteiger partial charge in [0.05, 0.1) is 12.5 Å². The zero-order valence-electron chi connectivity index (χ0n) is 11.6. The van der Waals surface area contributed by atoms with Crippen LogP contribution >= 0.6 is 0 Å². The fourth-order valence-electron chi connectivity index (χ4n) is 1.37. The summed E-state index contributed by atoms with van der Waals surface area (Å²) >= 11 is 0. The van der Waals surface area contributed by atoms with Gasteiger partial charge in [0.15, 0.2) is 0 Å². The van der Waals surface area contributed by atoms with Crippen LogP contribution in [-0.2, 0) is 9.53 Å². The van der Waals surface area contributed by atoms with Crippen molar-refractivity contribution >= 4 is 5.97 Å². The summed E-state index contributed by atoms with van der Waals surface area (Å²) in [5.74, 6) is -0.235. The maximum atomic E-state index is 11.9. The fraction of sp³-hybridized carbons (Fsp3) is 0.786. The highest BCUT2D eigenvalue weighted by atomic mass is 16.5. The smallest absolute Gasteiger partial charge is 0.313 e. The van der Waals surface area contributed by atoms with Gasteiger partial charge in [0, 0.05) is 0 Å². The van der Waals surface area contributed by atoms with E-state index in [-0.39, 0.29) is 17.3 Å². The first-order valence-corrected chi connectivity index (χ1v) is 6.16. The van der Waals surface area contributed by atoms with Gasteiger partial charge in [0.1, 0.15) is 0 Å². The van der Waals surface area contributed by atoms with Crippen molar-refractivity contribution in [3.05, 3.63) is 11.6 Å². The molecule has 0 radical (unpaired) electrons. The first-order chi connectivity index (χ1) is 7.32. The highest BCUT2D eigenvalue weighted by Crippen LogP contribution is 2.29. The number of carbonyl (C=O) groups is 1. The highest BCUT2D eigenvalue weighted by Gasteiger charge is 2.30. The van der Waals surface area contributed by atoms with Crippen LogP contribution in [0, 0.1) is 11.3 Å². The highest BCUT2D eigenvalue weighted by molar-refractivity contribution is 5.75. The van der Waals surface area contributed by atoms with Crippen LogP contribution in [0.4, 0.5) is 0 Å². The van der Waals surface area contributed by atoms with Gasteiger partial charge >= 0.3 is 5.97 Å². The summed E-state index contributed by atoms with van der Waals surface area (Å²) in [6.07, 6.45) is 3.91. The number of rotatable bonds is 5. The van der Waals surface area contributed by atoms with Crippen molar-refractivity contribution in [3.8, 4) is 0 Å². The molecule has 1 unspecified atom stereocenters. The second kappa shape index (κ2) is 6.72. The lowest BCUT2D eigenvalue weighted by Gasteiger charge is -2.27. The van der Waals surface area contributed by atoms with Crippen molar-refractivity contribution in [2.45, 2.75) is 54.4 Å². The maximum Gasteiger partial charge on any atom is 0.313 e. The molecular formula is C14H26O2. The SMILES string of the molecule is CCCOC(=O)C(/C=C(/C)CC)C(C)(C)C. The van der Waals surface area contributed by atoms with Crippen LogP contribution in [0.3, 0.4) is 0 Å². The van der Waals surface area contributed by atoms with Crippen molar-refractivity contribution in [2.75, 3.05) is 6.61 Å². The first-order valence-electron chi connectivity index (χ1n) is 6.16. The van der Waals surface area contributed by atoms with Crippen molar-refractivity contribution in [1.29, 1.82) is 0 Å². The van der Waals surface area contributed by atoms with Gasteiger partial charge in [-0.3, -0.25) is 4.79 Å². The molecule has 0 aliphatic heterocycles. The average molecular weight is 226 g/mol. The summed E-state index contributed by atoms with van der Waals surface area (Å²) in [4.78, 5) is 11.9. The van der Waals surface area contributed by atoms with E-state index in [2.05, 4.69) is 40.7 Å². The molecule has 0 amide bonds. The monoisotopic (exact) mass is 226 g/mol. The minimum absolute atomic E-state index is 0.0821. The molecule has 16 heavy (non-hydrogen) atoms. The molecule has 2 heteroatoms. The zero-order valence-corrected chi connectivity index (χ0v) is 11.6. The first kappa shape index (κ1) is 15.2. The Hall–Kier alpha value is -0.790. The fourth-order valence-corrected chi connectivity index (χ4v) is 1.37. The van der Waals surface area contributed by atoms with Crippen molar-refractivity contribution in [1.82, 2.24) is 0 Å². The van der Waals surface area contributed by atoms with Crippen LogP contribution < -0.4 is 0 Å². The van der Waals surface area contributed by atoms with Crippen LogP contribution in [-0.4, -0.2) is 12.6 Å². The molecule has 0 N–H and O–H groups in total. The topological polar surface area (TPSA) is 26.3 Å². The molecule has 0 saturated heterocycles. The van der Waals surface area contributed by atoms with E-state index < -0.39 is 0 Å². The molecule has 0 aromatic rings. The number of hydrogen-bond acceptors (Lipinski definition) is 2. The Kier molecular flexibility index (Phi) is 6.39. The quantitative estimate of drug-likeness (QED) is 0.524. The van der Waals surface area contributed by atoms with E-state index in [1.54, 1.807) is 0 Å². The van der Waals surface area contributed by atoms with E-state index in [9.17, 15) is 4.79 Å². The van der Waals surface area contributed by atoms with E-state index in [0.29, 0.717) is 6.61 Å². The molecule has 0 bridgehead atoms. The van der Waals surface area contributed by atoms with E-state index >= 15 is 0 Å². The zero-order chi connectivity index (χ0) is 12.8. The van der Waals surface area contributed by atoms with Crippen molar-refractivity contribution in [2.24, 2.45) is 11.3 Å². The predicted octanol–water partition coefficient (Wildman–Crippen LogP) is 3.96. The Labute approximate surface area is 100 Å². The number of hydrogen-bond donors (Lipinski definition) is 0. The van der Waals surface area contributed by atoms with Crippen molar-refractivity contribution in [3.63, 3.8) is 0 Å². The molecule has 94 valence electrons. The summed E-state index contributed by atoms with van der Waals surface area (Å²) in [7, 11) is 0. The molecule has 0 spiro atoms. The molecule has 0 heterocycles. The predicted molar refractivity (Wildman–Crippen MR) is 68.2 cm³/mol. The largest absolute Gasteiger partial charge is 0.465 e. The molecular weight excluding hydrogens is 200 g/mol. The van der Waals surface area contributed by atoms with Crippen LogP contribution in [0.2, 0.25) is 0 Å². The van der Waals surface area contributed by atoms with Crippen LogP contribution in [0.1, 0.15) is 54.4 Å². The lowest BCUT2D eigenvalue weighted by Crippen LogP contribution is -2.29. The lowest BCUT2D eigenvalue weighted by molar-refractivity contribution is -0.150. The second-order valence-corrected chi connectivity index (χ2v) is 5.38. The number of ether oxygens (including phenoxy) is 1. The number of carbonyl (C=O) groups excluding carboxylic acids is 1. The van der Waals surface area contributed by atoms with E-state index in [1.165, 1.54) is 5.57 Å². The molecule has 0 fully saturated rings. The third-order valence-corrected chi connectivity index (χ3v) is 2.64. The maximum absolute atomic E-state index is 11.9. The molecule has 0 aromatic carbocycles. The van der Waals surface area contributed by atoms with Crippen LogP contribution in [0.15, 0.2) is 11.6 Å². The Morgan fingerprint density at radius 2 is 1.88 bits per heavy atom. The van der Waals surface area contributed by atoms with E-state index in [4.69, 9.17) is 4.74 Å². The third kappa shape index (κ3) is 5.34. The molecule has 0 rings (SSSR count). The molecule has 1 atom stereocenters. The Balaban J connectivity index is 4.75. The lowest BCUT2D eigenvalue weighted by atomic mass is 9.79. The van der Waals surface area contributed by atoms with Crippen LogP contribution in [0.25, 0.3) is 0 Å². The minimum atomic E-state index is -0.140. The van der Waals surface area contributed by atoms with Gasteiger partial charge in [-0.05, 0) is 25.2 Å². The van der Waals surface area contributed by atoms with Gasteiger partial charge in [-0.25, -0.2) is 0 Å². The van der Waals surface area contributed by atoms with Gasteiger partial charge in [-0.15, -0.1) is 0 Å². The Morgan fingerprint density at radius 3 is 2.25 bits per heavy atom. The molecule has 0 saturated carbocycles. The summed E-state index contributed by atoms with van der Waals surface area (Å²) in [6, 6.07) is 0. The van der Waals surface area contributed by atoms with Gasteiger partial charge in [-0.1, -0.05) is 46.3 Å². The van der Waals surface area contributed by atoms with Gasteiger partial charge in [0.2, 0.25) is 0 Å². The number of esters is 1. The summed E-state index contributed by atoms with van der Waals surface area (Å²) in [5.41, 5.74) is 1.16. The van der Waals surface area contributed by atoms with Gasteiger partial charge in [-0.2, -0.15) is 0 Å². The summed E-state index contributed by atoms with van der Waals surface area (Å²) in [5, 5.41) is 0. The number of allylic oxidation sites excluding steroid dienone is 1. The molecule has 0 aromatic heterocycles. The standard InChI is InChI=1S/C14H26O2/c1-7-9-16-13(15)12(14(4,5)6)10-11(3)8-2/h10,12H,7-9H2,1-6H3/b11-10-. The average Bonchev–Trinajstić information content (AvgIpc) is 2.20.